The van der Waals surface area contributed by atoms with Gasteiger partial charge in [0, 0.05) is 5.02 Å². The van der Waals surface area contributed by atoms with Crippen LogP contribution >= 0.6 is 11.6 Å². The summed E-state index contributed by atoms with van der Waals surface area (Å²) in [4.78, 5) is 0.0109. The van der Waals surface area contributed by atoms with Crippen LogP contribution in [0.1, 0.15) is 6.42 Å². The average Bonchev–Trinajstić information content (AvgIpc) is 2.30. The van der Waals surface area contributed by atoms with E-state index in [1.54, 1.807) is 0 Å². The highest BCUT2D eigenvalue weighted by molar-refractivity contribution is 7.89. The van der Waals surface area contributed by atoms with Gasteiger partial charge in [-0.1, -0.05) is 11.6 Å². The standard InChI is InChI=1S/C9H12ClN4O2S/c10-8-2-4-9(5-3-8)17(15,16)14(13-12)7-1-6-11/h2-5H,1,6-7,11H2/q+1. The monoisotopic (exact) mass is 275 g/mol. The molecule has 2 N–H and O–H groups in total. The largest absolute Gasteiger partial charge is 0.330 e. The van der Waals surface area contributed by atoms with Crippen molar-refractivity contribution in [1.82, 2.24) is 4.41 Å². The molecule has 6 nitrogen and oxygen atoms in total. The van der Waals surface area contributed by atoms with Crippen LogP contribution in [-0.4, -0.2) is 25.9 Å². The van der Waals surface area contributed by atoms with Gasteiger partial charge in [-0.25, -0.2) is 0 Å². The highest BCUT2D eigenvalue weighted by atomic mass is 35.5. The second kappa shape index (κ2) is 5.82. The molecule has 17 heavy (non-hydrogen) atoms. The first-order valence-corrected chi connectivity index (χ1v) is 6.67. The molecule has 92 valence electrons. The molecule has 8 heteroatoms. The second-order valence-electron chi connectivity index (χ2n) is 3.24. The number of hydrogen-bond donors (Lipinski definition) is 1. The zero-order valence-corrected chi connectivity index (χ0v) is 10.5. The van der Waals surface area contributed by atoms with Gasteiger partial charge in [-0.2, -0.15) is 8.42 Å². The Balaban J connectivity index is 3.01. The number of nitrogens with two attached hydrogens (primary N) is 1. The van der Waals surface area contributed by atoms with Gasteiger partial charge in [0.25, 0.3) is 5.39 Å². The van der Waals surface area contributed by atoms with Crippen molar-refractivity contribution in [1.29, 1.82) is 5.39 Å². The molecular formula is C9H12ClN4O2S+. The number of sulfonamides is 1. The van der Waals surface area contributed by atoms with Gasteiger partial charge in [0.2, 0.25) is 0 Å². The minimum atomic E-state index is -3.84. The van der Waals surface area contributed by atoms with Crippen LogP contribution in [0.5, 0.6) is 0 Å². The van der Waals surface area contributed by atoms with Crippen molar-refractivity contribution in [2.75, 3.05) is 13.1 Å². The summed E-state index contributed by atoms with van der Waals surface area (Å²) in [5, 5.41) is 11.9. The van der Waals surface area contributed by atoms with Crippen molar-refractivity contribution in [3.05, 3.63) is 34.4 Å². The summed E-state index contributed by atoms with van der Waals surface area (Å²) in [7, 11) is -3.84. The number of halogens is 1. The van der Waals surface area contributed by atoms with E-state index in [4.69, 9.17) is 22.7 Å². The van der Waals surface area contributed by atoms with Crippen LogP contribution in [0.4, 0.5) is 0 Å². The molecule has 0 radical (unpaired) electrons. The third-order valence-corrected chi connectivity index (χ3v) is 3.97. The van der Waals surface area contributed by atoms with Gasteiger partial charge in [0.05, 0.1) is 9.31 Å². The minimum Gasteiger partial charge on any atom is -0.330 e. The Morgan fingerprint density at radius 1 is 1.35 bits per heavy atom. The average molecular weight is 276 g/mol. The van der Waals surface area contributed by atoms with Crippen LogP contribution < -0.4 is 5.73 Å². The first kappa shape index (κ1) is 13.7. The Labute approximate surface area is 105 Å². The molecule has 1 aromatic rings. The molecule has 1 rings (SSSR count). The lowest BCUT2D eigenvalue weighted by atomic mass is 10.4. The zero-order valence-electron chi connectivity index (χ0n) is 8.95. The van der Waals surface area contributed by atoms with E-state index < -0.39 is 10.0 Å². The Kier molecular flexibility index (Phi) is 4.69. The quantitative estimate of drug-likeness (QED) is 0.650. The smallest absolute Gasteiger partial charge is 0.326 e. The second-order valence-corrected chi connectivity index (χ2v) is 5.52. The topological polar surface area (TPSA) is 91.5 Å². The lowest BCUT2D eigenvalue weighted by Gasteiger charge is -2.05. The molecule has 0 aliphatic heterocycles. The van der Waals surface area contributed by atoms with Crippen LogP contribution in [0, 0.1) is 5.39 Å². The SMILES string of the molecule is N#[N+]N(CCCN)S(=O)(=O)c1ccc(Cl)cc1. The fourth-order valence-electron chi connectivity index (χ4n) is 1.17. The molecule has 0 aliphatic carbocycles. The van der Waals surface area contributed by atoms with E-state index >= 15 is 0 Å². The Morgan fingerprint density at radius 2 is 1.94 bits per heavy atom. The molecule has 0 bridgehead atoms. The van der Waals surface area contributed by atoms with E-state index in [2.05, 4.69) is 5.08 Å². The van der Waals surface area contributed by atoms with E-state index in [0.29, 0.717) is 22.4 Å². The number of hydrogen-bond acceptors (Lipinski definition) is 4. The fourth-order valence-corrected chi connectivity index (χ4v) is 2.48. The normalized spacial score (nSPS) is 10.9. The first-order valence-electron chi connectivity index (χ1n) is 4.85. The van der Waals surface area contributed by atoms with Crippen LogP contribution in [0.25, 0.3) is 5.08 Å². The lowest BCUT2D eigenvalue weighted by Crippen LogP contribution is -2.26. The van der Waals surface area contributed by atoms with Gasteiger partial charge >= 0.3 is 15.1 Å². The van der Waals surface area contributed by atoms with Gasteiger partial charge in [-0.05, 0) is 37.2 Å². The minimum absolute atomic E-state index is 0.0109. The lowest BCUT2D eigenvalue weighted by molar-refractivity contribution is 0.482. The maximum atomic E-state index is 12.0. The predicted octanol–water partition coefficient (Wildman–Crippen LogP) is 1.45. The molecule has 0 amide bonds. The summed E-state index contributed by atoms with van der Waals surface area (Å²) in [5.74, 6) is 0. The van der Waals surface area contributed by atoms with Crippen molar-refractivity contribution in [3.8, 4) is 0 Å². The van der Waals surface area contributed by atoms with Gasteiger partial charge in [-0.15, -0.1) is 0 Å². The van der Waals surface area contributed by atoms with Gasteiger partial charge in [-0.3, -0.25) is 0 Å². The van der Waals surface area contributed by atoms with E-state index in [0.717, 1.165) is 0 Å². The summed E-state index contributed by atoms with van der Waals surface area (Å²) < 4.78 is 24.5. The molecule has 0 unspecified atom stereocenters. The summed E-state index contributed by atoms with van der Waals surface area (Å²) >= 11 is 5.66. The number of diazo groups is 1. The number of benzene rings is 1. The highest BCUT2D eigenvalue weighted by Crippen LogP contribution is 2.18. The molecular weight excluding hydrogens is 264 g/mol. The molecule has 0 saturated carbocycles. The van der Waals surface area contributed by atoms with Crippen molar-refractivity contribution in [2.24, 2.45) is 5.73 Å². The Hall–Kier alpha value is -1.36. The van der Waals surface area contributed by atoms with Crippen molar-refractivity contribution in [3.63, 3.8) is 0 Å². The summed E-state index contributed by atoms with van der Waals surface area (Å²) in [6, 6.07) is 5.59. The summed E-state index contributed by atoms with van der Waals surface area (Å²) in [6.45, 7) is 0.333. The van der Waals surface area contributed by atoms with E-state index in [-0.39, 0.29) is 11.4 Å². The summed E-state index contributed by atoms with van der Waals surface area (Å²) in [5.41, 5.74) is 5.27. The van der Waals surface area contributed by atoms with Crippen LogP contribution in [0.15, 0.2) is 29.2 Å². The molecule has 1 aromatic carbocycles. The zero-order chi connectivity index (χ0) is 12.9. The van der Waals surface area contributed by atoms with Crippen molar-refractivity contribution in [2.45, 2.75) is 11.3 Å². The van der Waals surface area contributed by atoms with Crippen molar-refractivity contribution >= 4 is 21.6 Å². The molecule has 0 aromatic heterocycles. The molecule has 0 atom stereocenters. The van der Waals surface area contributed by atoms with Crippen molar-refractivity contribution < 1.29 is 8.42 Å². The van der Waals surface area contributed by atoms with E-state index in [9.17, 15) is 8.42 Å². The molecule has 0 spiro atoms. The fraction of sp³-hybridized carbons (Fsp3) is 0.333. The molecule has 0 saturated heterocycles. The maximum Gasteiger partial charge on any atom is 0.326 e. The van der Waals surface area contributed by atoms with Crippen LogP contribution in [0.3, 0.4) is 0 Å². The predicted molar refractivity (Wildman–Crippen MR) is 64.1 cm³/mol. The van der Waals surface area contributed by atoms with Gasteiger partial charge in [0.1, 0.15) is 6.54 Å². The van der Waals surface area contributed by atoms with Gasteiger partial charge in [0.15, 0.2) is 0 Å². The highest BCUT2D eigenvalue weighted by Gasteiger charge is 2.32. The Morgan fingerprint density at radius 3 is 2.41 bits per heavy atom. The molecule has 0 heterocycles. The van der Waals surface area contributed by atoms with E-state index in [1.807, 2.05) is 0 Å². The molecule has 0 fully saturated rings. The van der Waals surface area contributed by atoms with Crippen LogP contribution in [0.2, 0.25) is 5.02 Å². The maximum absolute atomic E-state index is 12.0. The first-order chi connectivity index (χ1) is 8.02. The number of rotatable bonds is 5. The third-order valence-electron chi connectivity index (χ3n) is 2.04. The van der Waals surface area contributed by atoms with Crippen LogP contribution in [-0.2, 0) is 10.0 Å². The number of nitrogens with zero attached hydrogens (tertiary/aromatic N) is 3. The van der Waals surface area contributed by atoms with Gasteiger partial charge < -0.3 is 5.73 Å². The Bertz CT molecular complexity index is 509. The third kappa shape index (κ3) is 3.30. The summed E-state index contributed by atoms with van der Waals surface area (Å²) in [6.07, 6.45) is 0.400. The van der Waals surface area contributed by atoms with E-state index in [1.165, 1.54) is 24.3 Å². The molecule has 0 aliphatic rings.